The van der Waals surface area contributed by atoms with E-state index in [0.29, 0.717) is 12.1 Å². The number of aliphatic hydroxyl groups excluding tert-OH is 1. The van der Waals surface area contributed by atoms with Gasteiger partial charge in [0.1, 0.15) is 0 Å². The van der Waals surface area contributed by atoms with Crippen LogP contribution in [0.25, 0.3) is 0 Å². The van der Waals surface area contributed by atoms with E-state index in [2.05, 4.69) is 10.1 Å². The number of hydrogen-bond donors (Lipinski definition) is 2. The Balaban J connectivity index is 1.96. The van der Waals surface area contributed by atoms with Crippen LogP contribution in [0.3, 0.4) is 0 Å². The molecule has 6 heteroatoms. The van der Waals surface area contributed by atoms with E-state index in [1.165, 1.54) is 12.1 Å². The second-order valence-corrected chi connectivity index (χ2v) is 5.78. The highest BCUT2D eigenvalue weighted by atomic mass is 19.3. The first kappa shape index (κ1) is 16.1. The van der Waals surface area contributed by atoms with Crippen molar-refractivity contribution < 1.29 is 23.0 Å². The van der Waals surface area contributed by atoms with Crippen LogP contribution in [-0.4, -0.2) is 24.4 Å². The van der Waals surface area contributed by atoms with Crippen LogP contribution in [0, 0.1) is 11.2 Å². The maximum Gasteiger partial charge on any atom is 0.387 e. The van der Waals surface area contributed by atoms with Crippen molar-refractivity contribution in [3.8, 4) is 5.75 Å². The number of aliphatic hydroxyl groups is 1. The van der Waals surface area contributed by atoms with Crippen LogP contribution in [0.5, 0.6) is 5.75 Å². The molecule has 0 saturated heterocycles. The van der Waals surface area contributed by atoms with Crippen molar-refractivity contribution in [2.24, 2.45) is 5.41 Å². The fourth-order valence-corrected chi connectivity index (χ4v) is 2.86. The Hall–Kier alpha value is -1.27. The van der Waals surface area contributed by atoms with Crippen molar-refractivity contribution in [3.05, 3.63) is 29.6 Å². The summed E-state index contributed by atoms with van der Waals surface area (Å²) in [6.45, 7) is -0.475. The summed E-state index contributed by atoms with van der Waals surface area (Å²) in [5.74, 6) is -1.25. The number of halogens is 3. The van der Waals surface area contributed by atoms with Crippen LogP contribution in [0.15, 0.2) is 18.2 Å². The summed E-state index contributed by atoms with van der Waals surface area (Å²) in [7, 11) is 0. The predicted molar refractivity (Wildman–Crippen MR) is 72.7 cm³/mol. The number of hydrogen-bond acceptors (Lipinski definition) is 3. The molecule has 1 aliphatic carbocycles. The normalized spacial score (nSPS) is 25.5. The molecule has 0 spiro atoms. The summed E-state index contributed by atoms with van der Waals surface area (Å²) in [4.78, 5) is 0. The minimum Gasteiger partial charge on any atom is -0.432 e. The highest BCUT2D eigenvalue weighted by Gasteiger charge is 2.37. The molecule has 0 heterocycles. The van der Waals surface area contributed by atoms with Gasteiger partial charge in [-0.05, 0) is 30.5 Å². The van der Waals surface area contributed by atoms with E-state index in [1.807, 2.05) is 6.92 Å². The first-order valence-corrected chi connectivity index (χ1v) is 7.02. The van der Waals surface area contributed by atoms with Crippen molar-refractivity contribution in [2.45, 2.75) is 45.4 Å². The topological polar surface area (TPSA) is 41.5 Å². The highest BCUT2D eigenvalue weighted by molar-refractivity contribution is 5.29. The molecule has 1 fully saturated rings. The zero-order valence-electron chi connectivity index (χ0n) is 11.9. The van der Waals surface area contributed by atoms with Gasteiger partial charge >= 0.3 is 6.61 Å². The smallest absolute Gasteiger partial charge is 0.387 e. The Morgan fingerprint density at radius 3 is 2.86 bits per heavy atom. The minimum atomic E-state index is -3.03. The van der Waals surface area contributed by atoms with Gasteiger partial charge in [0.05, 0.1) is 0 Å². The molecule has 1 aromatic carbocycles. The molecule has 2 atom stereocenters. The monoisotopic (exact) mass is 303 g/mol. The first-order chi connectivity index (χ1) is 9.94. The zero-order valence-corrected chi connectivity index (χ0v) is 11.9. The van der Waals surface area contributed by atoms with Gasteiger partial charge in [0.25, 0.3) is 0 Å². The van der Waals surface area contributed by atoms with Crippen LogP contribution >= 0.6 is 0 Å². The highest BCUT2D eigenvalue weighted by Crippen LogP contribution is 2.37. The molecule has 1 aromatic rings. The van der Waals surface area contributed by atoms with Gasteiger partial charge in [-0.1, -0.05) is 19.4 Å². The van der Waals surface area contributed by atoms with Gasteiger partial charge in [0, 0.05) is 24.6 Å². The standard InChI is InChI=1S/C15H20F3NO2/c1-15(9-20)6-2-3-13(15)19-8-10-4-5-12(11(16)7-10)21-14(17)18/h4-5,7,13-14,19-20H,2-3,6,8-9H2,1H3. The van der Waals surface area contributed by atoms with E-state index < -0.39 is 18.2 Å². The van der Waals surface area contributed by atoms with E-state index in [0.717, 1.165) is 19.3 Å². The first-order valence-electron chi connectivity index (χ1n) is 7.02. The number of benzene rings is 1. The number of alkyl halides is 2. The fourth-order valence-electron chi connectivity index (χ4n) is 2.86. The Morgan fingerprint density at radius 1 is 1.48 bits per heavy atom. The van der Waals surface area contributed by atoms with Crippen LogP contribution < -0.4 is 10.1 Å². The predicted octanol–water partition coefficient (Wildman–Crippen LogP) is 3.07. The molecule has 2 rings (SSSR count). The molecule has 0 aromatic heterocycles. The molecule has 1 aliphatic rings. The average molecular weight is 303 g/mol. The van der Waals surface area contributed by atoms with Gasteiger partial charge in [-0.15, -0.1) is 0 Å². The van der Waals surface area contributed by atoms with Gasteiger partial charge in [-0.3, -0.25) is 0 Å². The van der Waals surface area contributed by atoms with E-state index >= 15 is 0 Å². The number of rotatable bonds is 6. The SMILES string of the molecule is CC1(CO)CCCC1NCc1ccc(OC(F)F)c(F)c1. The average Bonchev–Trinajstić information content (AvgIpc) is 2.81. The summed E-state index contributed by atoms with van der Waals surface area (Å²) in [6, 6.07) is 4.12. The quantitative estimate of drug-likeness (QED) is 0.848. The van der Waals surface area contributed by atoms with Crippen LogP contribution in [0.4, 0.5) is 13.2 Å². The lowest BCUT2D eigenvalue weighted by Crippen LogP contribution is -2.41. The molecule has 0 aliphatic heterocycles. The molecule has 0 radical (unpaired) electrons. The van der Waals surface area contributed by atoms with E-state index in [4.69, 9.17) is 0 Å². The molecule has 0 bridgehead atoms. The molecule has 1 saturated carbocycles. The zero-order chi connectivity index (χ0) is 15.5. The van der Waals surface area contributed by atoms with E-state index in [-0.39, 0.29) is 18.1 Å². The van der Waals surface area contributed by atoms with Crippen molar-refractivity contribution in [1.82, 2.24) is 5.32 Å². The van der Waals surface area contributed by atoms with Crippen molar-refractivity contribution >= 4 is 0 Å². The maximum atomic E-state index is 13.6. The van der Waals surface area contributed by atoms with Crippen molar-refractivity contribution in [1.29, 1.82) is 0 Å². The Morgan fingerprint density at radius 2 is 2.24 bits per heavy atom. The Kier molecular flexibility index (Phi) is 5.11. The second-order valence-electron chi connectivity index (χ2n) is 5.78. The maximum absolute atomic E-state index is 13.6. The number of nitrogens with one attached hydrogen (secondary N) is 1. The van der Waals surface area contributed by atoms with Gasteiger partial charge in [0.15, 0.2) is 11.6 Å². The molecule has 2 N–H and O–H groups in total. The van der Waals surface area contributed by atoms with Gasteiger partial charge in [-0.25, -0.2) is 4.39 Å². The third-order valence-electron chi connectivity index (χ3n) is 4.21. The molecule has 118 valence electrons. The summed E-state index contributed by atoms with van der Waals surface area (Å²) < 4.78 is 41.8. The van der Waals surface area contributed by atoms with Crippen LogP contribution in [0.1, 0.15) is 31.7 Å². The van der Waals surface area contributed by atoms with Gasteiger partial charge in [0.2, 0.25) is 0 Å². The van der Waals surface area contributed by atoms with Crippen LogP contribution in [0.2, 0.25) is 0 Å². The Bertz CT molecular complexity index is 484. The summed E-state index contributed by atoms with van der Waals surface area (Å²) in [5.41, 5.74) is 0.499. The van der Waals surface area contributed by atoms with Crippen molar-refractivity contribution in [3.63, 3.8) is 0 Å². The van der Waals surface area contributed by atoms with Crippen molar-refractivity contribution in [2.75, 3.05) is 6.61 Å². The Labute approximate surface area is 122 Å². The molecule has 0 amide bonds. The molecule has 21 heavy (non-hydrogen) atoms. The lowest BCUT2D eigenvalue weighted by atomic mass is 9.86. The summed E-state index contributed by atoms with van der Waals surface area (Å²) >= 11 is 0. The second kappa shape index (κ2) is 6.66. The lowest BCUT2D eigenvalue weighted by Gasteiger charge is -2.30. The van der Waals surface area contributed by atoms with Gasteiger partial charge in [-0.2, -0.15) is 8.78 Å². The summed E-state index contributed by atoms with van der Waals surface area (Å²) in [5, 5.41) is 12.8. The molecular weight excluding hydrogens is 283 g/mol. The fraction of sp³-hybridized carbons (Fsp3) is 0.600. The molecular formula is C15H20F3NO2. The largest absolute Gasteiger partial charge is 0.432 e. The van der Waals surface area contributed by atoms with Gasteiger partial charge < -0.3 is 15.2 Å². The third kappa shape index (κ3) is 3.89. The van der Waals surface area contributed by atoms with Crippen LogP contribution in [-0.2, 0) is 6.54 Å². The summed E-state index contributed by atoms with van der Waals surface area (Å²) in [6.07, 6.45) is 2.97. The molecule has 2 unspecified atom stereocenters. The van der Waals surface area contributed by atoms with E-state index in [1.54, 1.807) is 6.07 Å². The number of ether oxygens (including phenoxy) is 1. The minimum absolute atomic E-state index is 0.111. The lowest BCUT2D eigenvalue weighted by molar-refractivity contribution is -0.0522. The molecule has 3 nitrogen and oxygen atoms in total. The third-order valence-corrected chi connectivity index (χ3v) is 4.21. The van der Waals surface area contributed by atoms with E-state index in [9.17, 15) is 18.3 Å².